The standard InChI is InChI=1S/C13H14N6/c1-14-12-6-13(18-8-17-12)19(2)9-3-4-10-11(5-9)16-7-15-10/h3-8H,1-2H3,(H,15,16)(H,14,17,18). The average Bonchev–Trinajstić information content (AvgIpc) is 2.94. The van der Waals surface area contributed by atoms with Gasteiger partial charge in [-0.2, -0.15) is 0 Å². The molecule has 0 bridgehead atoms. The van der Waals surface area contributed by atoms with Crippen molar-refractivity contribution in [3.8, 4) is 0 Å². The highest BCUT2D eigenvalue weighted by Gasteiger charge is 2.08. The van der Waals surface area contributed by atoms with Gasteiger partial charge < -0.3 is 15.2 Å². The molecule has 96 valence electrons. The quantitative estimate of drug-likeness (QED) is 0.749. The number of benzene rings is 1. The van der Waals surface area contributed by atoms with E-state index in [4.69, 9.17) is 0 Å². The van der Waals surface area contributed by atoms with Gasteiger partial charge in [-0.05, 0) is 18.2 Å². The van der Waals surface area contributed by atoms with Gasteiger partial charge in [-0.3, -0.25) is 0 Å². The van der Waals surface area contributed by atoms with Gasteiger partial charge in [-0.25, -0.2) is 15.0 Å². The lowest BCUT2D eigenvalue weighted by Gasteiger charge is -2.18. The van der Waals surface area contributed by atoms with Crippen molar-refractivity contribution in [3.63, 3.8) is 0 Å². The number of nitrogens with one attached hydrogen (secondary N) is 2. The largest absolute Gasteiger partial charge is 0.373 e. The lowest BCUT2D eigenvalue weighted by molar-refractivity contribution is 1.08. The molecule has 0 unspecified atom stereocenters. The van der Waals surface area contributed by atoms with Crippen LogP contribution in [0.4, 0.5) is 17.3 Å². The summed E-state index contributed by atoms with van der Waals surface area (Å²) in [6, 6.07) is 7.95. The monoisotopic (exact) mass is 254 g/mol. The van der Waals surface area contributed by atoms with Crippen LogP contribution < -0.4 is 10.2 Å². The summed E-state index contributed by atoms with van der Waals surface area (Å²) in [5.41, 5.74) is 3.00. The van der Waals surface area contributed by atoms with Crippen LogP contribution in [0.2, 0.25) is 0 Å². The number of fused-ring (bicyclic) bond motifs is 1. The third-order valence-corrected chi connectivity index (χ3v) is 3.04. The number of nitrogens with zero attached hydrogens (tertiary/aromatic N) is 4. The maximum absolute atomic E-state index is 4.28. The Hall–Kier alpha value is -2.63. The first-order valence-electron chi connectivity index (χ1n) is 5.94. The van der Waals surface area contributed by atoms with Gasteiger partial charge >= 0.3 is 0 Å². The molecule has 0 aliphatic rings. The van der Waals surface area contributed by atoms with Gasteiger partial charge in [0.05, 0.1) is 17.4 Å². The van der Waals surface area contributed by atoms with E-state index in [1.807, 2.05) is 43.3 Å². The number of rotatable bonds is 3. The normalized spacial score (nSPS) is 10.6. The molecule has 0 aliphatic carbocycles. The van der Waals surface area contributed by atoms with E-state index in [0.29, 0.717) is 0 Å². The van der Waals surface area contributed by atoms with Gasteiger partial charge in [0, 0.05) is 25.8 Å². The minimum Gasteiger partial charge on any atom is -0.373 e. The first-order chi connectivity index (χ1) is 9.28. The van der Waals surface area contributed by atoms with Crippen LogP contribution in [0.1, 0.15) is 0 Å². The van der Waals surface area contributed by atoms with Crippen molar-refractivity contribution >= 4 is 28.4 Å². The summed E-state index contributed by atoms with van der Waals surface area (Å²) in [6.45, 7) is 0. The van der Waals surface area contributed by atoms with Gasteiger partial charge in [-0.15, -0.1) is 0 Å². The van der Waals surface area contributed by atoms with E-state index in [0.717, 1.165) is 28.4 Å². The van der Waals surface area contributed by atoms with E-state index in [-0.39, 0.29) is 0 Å². The predicted octanol–water partition coefficient (Wildman–Crippen LogP) is 2.16. The van der Waals surface area contributed by atoms with Gasteiger partial charge in [0.1, 0.15) is 18.0 Å². The number of H-pyrrole nitrogens is 1. The third kappa shape index (κ3) is 2.08. The molecule has 0 aliphatic heterocycles. The molecule has 6 heteroatoms. The van der Waals surface area contributed by atoms with Crippen molar-refractivity contribution in [2.24, 2.45) is 0 Å². The lowest BCUT2D eigenvalue weighted by Crippen LogP contribution is -2.11. The first-order valence-corrected chi connectivity index (χ1v) is 5.94. The van der Waals surface area contributed by atoms with Gasteiger partial charge in [0.2, 0.25) is 0 Å². The Labute approximate surface area is 110 Å². The highest BCUT2D eigenvalue weighted by atomic mass is 15.2. The SMILES string of the molecule is CNc1cc(N(C)c2ccc3nc[nH]c3c2)ncn1. The van der Waals surface area contributed by atoms with E-state index < -0.39 is 0 Å². The summed E-state index contributed by atoms with van der Waals surface area (Å²) in [5, 5.41) is 3.01. The van der Waals surface area contributed by atoms with E-state index >= 15 is 0 Å². The summed E-state index contributed by atoms with van der Waals surface area (Å²) in [7, 11) is 3.81. The van der Waals surface area contributed by atoms with Crippen molar-refractivity contribution in [3.05, 3.63) is 36.9 Å². The smallest absolute Gasteiger partial charge is 0.138 e. The Morgan fingerprint density at radius 3 is 2.89 bits per heavy atom. The zero-order valence-corrected chi connectivity index (χ0v) is 10.8. The molecule has 1 aromatic carbocycles. The van der Waals surface area contributed by atoms with Crippen LogP contribution in [-0.2, 0) is 0 Å². The number of aromatic amines is 1. The molecular weight excluding hydrogens is 240 g/mol. The molecule has 0 amide bonds. The fourth-order valence-corrected chi connectivity index (χ4v) is 1.93. The molecule has 0 spiro atoms. The summed E-state index contributed by atoms with van der Waals surface area (Å²) >= 11 is 0. The second-order valence-corrected chi connectivity index (χ2v) is 4.17. The predicted molar refractivity (Wildman–Crippen MR) is 75.7 cm³/mol. The van der Waals surface area contributed by atoms with Crippen LogP contribution in [0.25, 0.3) is 11.0 Å². The Bertz CT molecular complexity index is 705. The van der Waals surface area contributed by atoms with Crippen molar-refractivity contribution in [1.29, 1.82) is 0 Å². The minimum atomic E-state index is 0.791. The van der Waals surface area contributed by atoms with Crippen LogP contribution in [0.5, 0.6) is 0 Å². The number of hydrogen-bond acceptors (Lipinski definition) is 5. The zero-order chi connectivity index (χ0) is 13.2. The molecule has 0 saturated carbocycles. The maximum atomic E-state index is 4.28. The molecule has 0 fully saturated rings. The minimum absolute atomic E-state index is 0.791. The van der Waals surface area contributed by atoms with Crippen LogP contribution >= 0.6 is 0 Å². The second kappa shape index (κ2) is 4.56. The van der Waals surface area contributed by atoms with Crippen LogP contribution in [0.3, 0.4) is 0 Å². The van der Waals surface area contributed by atoms with Gasteiger partial charge in [0.15, 0.2) is 0 Å². The Morgan fingerprint density at radius 2 is 2.05 bits per heavy atom. The fraction of sp³-hybridized carbons (Fsp3) is 0.154. The van der Waals surface area contributed by atoms with Crippen LogP contribution in [0, 0.1) is 0 Å². The molecule has 2 heterocycles. The van der Waals surface area contributed by atoms with Gasteiger partial charge in [-0.1, -0.05) is 0 Å². The molecule has 19 heavy (non-hydrogen) atoms. The van der Waals surface area contributed by atoms with E-state index in [1.165, 1.54) is 0 Å². The molecule has 0 atom stereocenters. The molecule has 0 saturated heterocycles. The first kappa shape index (κ1) is 11.5. The molecule has 2 aromatic heterocycles. The lowest BCUT2D eigenvalue weighted by atomic mass is 10.2. The molecule has 2 N–H and O–H groups in total. The number of imidazole rings is 1. The second-order valence-electron chi connectivity index (χ2n) is 4.17. The topological polar surface area (TPSA) is 69.7 Å². The van der Waals surface area contributed by atoms with Crippen LogP contribution in [0.15, 0.2) is 36.9 Å². The average molecular weight is 254 g/mol. The van der Waals surface area contributed by atoms with Crippen molar-refractivity contribution in [2.45, 2.75) is 0 Å². The van der Waals surface area contributed by atoms with Crippen molar-refractivity contribution in [1.82, 2.24) is 19.9 Å². The molecule has 0 radical (unpaired) electrons. The molecule has 3 rings (SSSR count). The van der Waals surface area contributed by atoms with Crippen LogP contribution in [-0.4, -0.2) is 34.0 Å². The highest BCUT2D eigenvalue weighted by Crippen LogP contribution is 2.25. The van der Waals surface area contributed by atoms with E-state index in [2.05, 4.69) is 25.3 Å². The number of anilines is 3. The zero-order valence-electron chi connectivity index (χ0n) is 10.8. The number of aromatic nitrogens is 4. The molecule has 6 nitrogen and oxygen atoms in total. The summed E-state index contributed by atoms with van der Waals surface area (Å²) in [4.78, 5) is 17.7. The van der Waals surface area contributed by atoms with Gasteiger partial charge in [0.25, 0.3) is 0 Å². The molecule has 3 aromatic rings. The van der Waals surface area contributed by atoms with Crippen molar-refractivity contribution in [2.75, 3.05) is 24.3 Å². The summed E-state index contributed by atoms with van der Waals surface area (Å²) < 4.78 is 0. The Balaban J connectivity index is 1.99. The summed E-state index contributed by atoms with van der Waals surface area (Å²) in [6.07, 6.45) is 3.24. The summed E-state index contributed by atoms with van der Waals surface area (Å²) in [5.74, 6) is 1.62. The van der Waals surface area contributed by atoms with E-state index in [9.17, 15) is 0 Å². The Kier molecular flexibility index (Phi) is 2.75. The van der Waals surface area contributed by atoms with E-state index in [1.54, 1.807) is 12.7 Å². The Morgan fingerprint density at radius 1 is 1.16 bits per heavy atom. The third-order valence-electron chi connectivity index (χ3n) is 3.04. The maximum Gasteiger partial charge on any atom is 0.138 e. The van der Waals surface area contributed by atoms with Crippen molar-refractivity contribution < 1.29 is 0 Å². The highest BCUT2D eigenvalue weighted by molar-refractivity contribution is 5.80. The fourth-order valence-electron chi connectivity index (χ4n) is 1.93. The molecular formula is C13H14N6. The number of hydrogen-bond donors (Lipinski definition) is 2.